The van der Waals surface area contributed by atoms with Gasteiger partial charge >= 0.3 is 5.97 Å². The Morgan fingerprint density at radius 1 is 1.19 bits per heavy atom. The number of rotatable bonds is 7. The number of furan rings is 1. The van der Waals surface area contributed by atoms with Gasteiger partial charge in [0.15, 0.2) is 5.76 Å². The van der Waals surface area contributed by atoms with Crippen LogP contribution in [0.1, 0.15) is 36.2 Å². The van der Waals surface area contributed by atoms with Crippen LogP contribution in [0.5, 0.6) is 0 Å². The van der Waals surface area contributed by atoms with Gasteiger partial charge in [0.1, 0.15) is 5.58 Å². The number of carbonyl (C=O) groups excluding carboxylic acids is 1. The third kappa shape index (κ3) is 4.60. The molecule has 0 aliphatic heterocycles. The topological polar surface area (TPSA) is 79.5 Å². The number of halogens is 1. The molecular weight excluding hydrogens is 338 g/mol. The Bertz CT molecular complexity index is 650. The Balaban J connectivity index is 1.81. The summed E-state index contributed by atoms with van der Waals surface area (Å²) in [6.07, 6.45) is 2.33. The Kier molecular flexibility index (Phi) is 5.38. The third-order valence-electron chi connectivity index (χ3n) is 3.06. The minimum atomic E-state index is -0.785. The fraction of sp³-hybridized carbons (Fsp3) is 0.333. The number of hydrogen-bond acceptors (Lipinski definition) is 3. The Morgan fingerprint density at radius 2 is 2.00 bits per heavy atom. The van der Waals surface area contributed by atoms with E-state index in [1.165, 1.54) is 0 Å². The molecule has 1 aromatic heterocycles. The summed E-state index contributed by atoms with van der Waals surface area (Å²) in [5.41, 5.74) is 0.671. The first-order valence-corrected chi connectivity index (χ1v) is 7.54. The first kappa shape index (κ1) is 15.6. The van der Waals surface area contributed by atoms with Crippen molar-refractivity contribution in [3.63, 3.8) is 0 Å². The lowest BCUT2D eigenvalue weighted by Gasteiger charge is -2.02. The summed E-state index contributed by atoms with van der Waals surface area (Å²) < 4.78 is 6.42. The quantitative estimate of drug-likeness (QED) is 0.745. The minimum absolute atomic E-state index is 0.173. The van der Waals surface area contributed by atoms with Crippen molar-refractivity contribution in [1.82, 2.24) is 5.32 Å². The molecule has 6 heteroatoms. The van der Waals surface area contributed by atoms with E-state index in [0.29, 0.717) is 18.5 Å². The van der Waals surface area contributed by atoms with Gasteiger partial charge in [-0.05, 0) is 37.1 Å². The number of aliphatic carboxylic acids is 1. The second kappa shape index (κ2) is 7.26. The van der Waals surface area contributed by atoms with Gasteiger partial charge in [-0.15, -0.1) is 0 Å². The van der Waals surface area contributed by atoms with Crippen molar-refractivity contribution in [2.24, 2.45) is 0 Å². The van der Waals surface area contributed by atoms with Crippen LogP contribution in [-0.4, -0.2) is 23.5 Å². The Hall–Kier alpha value is -1.82. The molecule has 0 fully saturated rings. The maximum atomic E-state index is 11.9. The maximum absolute atomic E-state index is 11.9. The van der Waals surface area contributed by atoms with Crippen LogP contribution in [0.4, 0.5) is 0 Å². The molecule has 0 saturated heterocycles. The molecule has 2 aromatic rings. The zero-order chi connectivity index (χ0) is 15.2. The highest BCUT2D eigenvalue weighted by Crippen LogP contribution is 2.23. The first-order chi connectivity index (χ1) is 10.1. The van der Waals surface area contributed by atoms with E-state index in [1.807, 2.05) is 18.2 Å². The van der Waals surface area contributed by atoms with E-state index in [0.717, 1.165) is 22.7 Å². The monoisotopic (exact) mass is 353 g/mol. The fourth-order valence-electron chi connectivity index (χ4n) is 1.99. The van der Waals surface area contributed by atoms with Gasteiger partial charge in [-0.2, -0.15) is 0 Å². The average molecular weight is 354 g/mol. The van der Waals surface area contributed by atoms with Crippen LogP contribution in [0.3, 0.4) is 0 Å². The Labute approximate surface area is 130 Å². The second-order valence-electron chi connectivity index (χ2n) is 4.75. The number of unbranched alkanes of at least 4 members (excludes halogenated alkanes) is 2. The van der Waals surface area contributed by atoms with Crippen LogP contribution in [0.2, 0.25) is 0 Å². The molecular formula is C15H16BrNO4. The van der Waals surface area contributed by atoms with E-state index in [-0.39, 0.29) is 18.1 Å². The molecule has 0 atom stereocenters. The molecule has 0 saturated carbocycles. The standard InChI is InChI=1S/C15H16BrNO4/c16-11-5-6-12-10(8-11)9-13(21-12)15(20)17-7-3-1-2-4-14(18)19/h5-6,8-9H,1-4,7H2,(H,17,20)(H,18,19). The Morgan fingerprint density at radius 3 is 2.76 bits per heavy atom. The number of carboxylic acids is 1. The molecule has 0 spiro atoms. The molecule has 112 valence electrons. The summed E-state index contributed by atoms with van der Waals surface area (Å²) in [6, 6.07) is 7.26. The van der Waals surface area contributed by atoms with E-state index in [9.17, 15) is 9.59 Å². The zero-order valence-corrected chi connectivity index (χ0v) is 13.0. The van der Waals surface area contributed by atoms with E-state index in [4.69, 9.17) is 9.52 Å². The van der Waals surface area contributed by atoms with Crippen molar-refractivity contribution in [3.8, 4) is 0 Å². The molecule has 0 aliphatic rings. The van der Waals surface area contributed by atoms with E-state index in [1.54, 1.807) is 6.07 Å². The van der Waals surface area contributed by atoms with Crippen LogP contribution in [0.25, 0.3) is 11.0 Å². The van der Waals surface area contributed by atoms with Gasteiger partial charge in [-0.3, -0.25) is 9.59 Å². The van der Waals surface area contributed by atoms with Gasteiger partial charge in [-0.1, -0.05) is 22.4 Å². The van der Waals surface area contributed by atoms with Crippen LogP contribution in [-0.2, 0) is 4.79 Å². The normalized spacial score (nSPS) is 10.7. The first-order valence-electron chi connectivity index (χ1n) is 6.75. The SMILES string of the molecule is O=C(O)CCCCCNC(=O)c1cc2cc(Br)ccc2o1. The largest absolute Gasteiger partial charge is 0.481 e. The lowest BCUT2D eigenvalue weighted by Crippen LogP contribution is -2.23. The molecule has 2 rings (SSSR count). The number of hydrogen-bond donors (Lipinski definition) is 2. The number of amides is 1. The van der Waals surface area contributed by atoms with Crippen molar-refractivity contribution in [2.45, 2.75) is 25.7 Å². The van der Waals surface area contributed by atoms with Gasteiger partial charge < -0.3 is 14.8 Å². The van der Waals surface area contributed by atoms with E-state index >= 15 is 0 Å². The number of carboxylic acid groups (broad SMARTS) is 1. The van der Waals surface area contributed by atoms with Crippen LogP contribution >= 0.6 is 15.9 Å². The smallest absolute Gasteiger partial charge is 0.303 e. The maximum Gasteiger partial charge on any atom is 0.303 e. The predicted octanol–water partition coefficient (Wildman–Crippen LogP) is 3.57. The highest BCUT2D eigenvalue weighted by Gasteiger charge is 2.11. The molecule has 0 bridgehead atoms. The van der Waals surface area contributed by atoms with Gasteiger partial charge in [0, 0.05) is 22.8 Å². The summed E-state index contributed by atoms with van der Waals surface area (Å²) in [5.74, 6) is -0.748. The molecule has 0 unspecified atom stereocenters. The fourth-order valence-corrected chi connectivity index (χ4v) is 2.37. The highest BCUT2D eigenvalue weighted by molar-refractivity contribution is 9.10. The van der Waals surface area contributed by atoms with Crippen LogP contribution < -0.4 is 5.32 Å². The molecule has 1 aromatic carbocycles. The van der Waals surface area contributed by atoms with Gasteiger partial charge in [0.2, 0.25) is 0 Å². The van der Waals surface area contributed by atoms with E-state index in [2.05, 4.69) is 21.2 Å². The van der Waals surface area contributed by atoms with Crippen molar-refractivity contribution in [2.75, 3.05) is 6.54 Å². The molecule has 1 heterocycles. The van der Waals surface area contributed by atoms with Crippen LogP contribution in [0, 0.1) is 0 Å². The third-order valence-corrected chi connectivity index (χ3v) is 3.55. The zero-order valence-electron chi connectivity index (χ0n) is 11.4. The average Bonchev–Trinajstić information content (AvgIpc) is 2.85. The van der Waals surface area contributed by atoms with Gasteiger partial charge in [-0.25, -0.2) is 0 Å². The molecule has 5 nitrogen and oxygen atoms in total. The number of carbonyl (C=O) groups is 2. The summed E-state index contributed by atoms with van der Waals surface area (Å²) in [7, 11) is 0. The van der Waals surface area contributed by atoms with Crippen LogP contribution in [0.15, 0.2) is 33.2 Å². The van der Waals surface area contributed by atoms with Gasteiger partial charge in [0.25, 0.3) is 5.91 Å². The van der Waals surface area contributed by atoms with Gasteiger partial charge in [0.05, 0.1) is 0 Å². The van der Waals surface area contributed by atoms with Crippen molar-refractivity contribution >= 4 is 38.8 Å². The van der Waals surface area contributed by atoms with Crippen molar-refractivity contribution in [1.29, 1.82) is 0 Å². The number of nitrogens with one attached hydrogen (secondary N) is 1. The van der Waals surface area contributed by atoms with Crippen molar-refractivity contribution < 1.29 is 19.1 Å². The second-order valence-corrected chi connectivity index (χ2v) is 5.67. The summed E-state index contributed by atoms with van der Waals surface area (Å²) in [5, 5.41) is 12.2. The molecule has 1 amide bonds. The van der Waals surface area contributed by atoms with Crippen molar-refractivity contribution in [3.05, 3.63) is 34.5 Å². The molecule has 0 aliphatic carbocycles. The summed E-state index contributed by atoms with van der Waals surface area (Å²) >= 11 is 3.37. The van der Waals surface area contributed by atoms with E-state index < -0.39 is 5.97 Å². The predicted molar refractivity (Wildman–Crippen MR) is 82.4 cm³/mol. The lowest BCUT2D eigenvalue weighted by molar-refractivity contribution is -0.137. The molecule has 0 radical (unpaired) electrons. The number of fused-ring (bicyclic) bond motifs is 1. The summed E-state index contributed by atoms with van der Waals surface area (Å²) in [6.45, 7) is 0.513. The lowest BCUT2D eigenvalue weighted by atomic mass is 10.2. The molecule has 2 N–H and O–H groups in total. The highest BCUT2D eigenvalue weighted by atomic mass is 79.9. The molecule has 21 heavy (non-hydrogen) atoms. The number of benzene rings is 1. The minimum Gasteiger partial charge on any atom is -0.481 e. The summed E-state index contributed by atoms with van der Waals surface area (Å²) in [4.78, 5) is 22.3.